The predicted molar refractivity (Wildman–Crippen MR) is 114 cm³/mol. The molecule has 3 aromatic carbocycles. The number of benzene rings is 3. The lowest BCUT2D eigenvalue weighted by Crippen LogP contribution is -2.52. The summed E-state index contributed by atoms with van der Waals surface area (Å²) in [6.07, 6.45) is 0. The first-order valence-corrected chi connectivity index (χ1v) is 10.0. The summed E-state index contributed by atoms with van der Waals surface area (Å²) >= 11 is 1.63. The van der Waals surface area contributed by atoms with Gasteiger partial charge in [-0.2, -0.15) is 0 Å². The number of fused-ring (bicyclic) bond motifs is 2. The van der Waals surface area contributed by atoms with Crippen molar-refractivity contribution in [1.82, 2.24) is 4.98 Å². The standard InChI is InChI=1S/C22H19N3O2S/c1-27-18-10-5-11-19-20(18)24-22(28-19)25-12-15(13-25)21(26)23-17-9-4-7-14-6-2-3-8-16(14)17/h2-11,15H,12-13H2,1H3,(H,23,26). The number of nitrogens with zero attached hydrogens (tertiary/aromatic N) is 2. The summed E-state index contributed by atoms with van der Waals surface area (Å²) in [6, 6.07) is 20.0. The number of thiazole rings is 1. The van der Waals surface area contributed by atoms with Gasteiger partial charge in [0.25, 0.3) is 0 Å². The average Bonchev–Trinajstić information content (AvgIpc) is 3.10. The van der Waals surface area contributed by atoms with Crippen LogP contribution in [-0.4, -0.2) is 31.1 Å². The van der Waals surface area contributed by atoms with Gasteiger partial charge >= 0.3 is 0 Å². The highest BCUT2D eigenvalue weighted by molar-refractivity contribution is 7.22. The molecule has 1 saturated heterocycles. The smallest absolute Gasteiger partial charge is 0.231 e. The van der Waals surface area contributed by atoms with Gasteiger partial charge in [-0.3, -0.25) is 4.79 Å². The highest BCUT2D eigenvalue weighted by Gasteiger charge is 2.34. The first kappa shape index (κ1) is 17.0. The van der Waals surface area contributed by atoms with Crippen molar-refractivity contribution in [2.75, 3.05) is 30.4 Å². The van der Waals surface area contributed by atoms with Gasteiger partial charge in [-0.05, 0) is 23.6 Å². The molecule has 1 fully saturated rings. The normalized spacial score (nSPS) is 14.2. The Morgan fingerprint density at radius 2 is 1.89 bits per heavy atom. The molecule has 0 aliphatic carbocycles. The van der Waals surface area contributed by atoms with Crippen LogP contribution in [0.4, 0.5) is 10.8 Å². The number of anilines is 2. The van der Waals surface area contributed by atoms with Crippen molar-refractivity contribution in [1.29, 1.82) is 0 Å². The Morgan fingerprint density at radius 1 is 1.11 bits per heavy atom. The van der Waals surface area contributed by atoms with Gasteiger partial charge in [0.05, 0.1) is 17.7 Å². The zero-order valence-corrected chi connectivity index (χ0v) is 16.2. The van der Waals surface area contributed by atoms with Crippen LogP contribution in [0.15, 0.2) is 60.7 Å². The van der Waals surface area contributed by atoms with E-state index in [1.807, 2.05) is 48.5 Å². The van der Waals surface area contributed by atoms with Crippen molar-refractivity contribution in [3.05, 3.63) is 60.7 Å². The maximum Gasteiger partial charge on any atom is 0.231 e. The van der Waals surface area contributed by atoms with Crippen LogP contribution in [0, 0.1) is 5.92 Å². The van der Waals surface area contributed by atoms with Crippen molar-refractivity contribution in [2.45, 2.75) is 0 Å². The number of aromatic nitrogens is 1. The summed E-state index contributed by atoms with van der Waals surface area (Å²) < 4.78 is 6.49. The van der Waals surface area contributed by atoms with Gasteiger partial charge in [0.2, 0.25) is 5.91 Å². The van der Waals surface area contributed by atoms with Crippen molar-refractivity contribution in [3.8, 4) is 5.75 Å². The van der Waals surface area contributed by atoms with E-state index in [0.29, 0.717) is 13.1 Å². The zero-order valence-electron chi connectivity index (χ0n) is 15.4. The van der Waals surface area contributed by atoms with Gasteiger partial charge < -0.3 is 15.0 Å². The molecular formula is C22H19N3O2S. The van der Waals surface area contributed by atoms with Crippen molar-refractivity contribution < 1.29 is 9.53 Å². The van der Waals surface area contributed by atoms with Gasteiger partial charge in [-0.1, -0.05) is 53.8 Å². The number of nitrogens with one attached hydrogen (secondary N) is 1. The van der Waals surface area contributed by atoms with Crippen LogP contribution in [0.2, 0.25) is 0 Å². The minimum Gasteiger partial charge on any atom is -0.494 e. The third-order valence-electron chi connectivity index (χ3n) is 5.16. The van der Waals surface area contributed by atoms with Crippen LogP contribution in [0.3, 0.4) is 0 Å². The van der Waals surface area contributed by atoms with Crippen LogP contribution < -0.4 is 15.0 Å². The number of methoxy groups -OCH3 is 1. The number of rotatable bonds is 4. The quantitative estimate of drug-likeness (QED) is 0.557. The van der Waals surface area contributed by atoms with Gasteiger partial charge in [-0.15, -0.1) is 0 Å². The first-order valence-electron chi connectivity index (χ1n) is 9.20. The Balaban J connectivity index is 1.29. The summed E-state index contributed by atoms with van der Waals surface area (Å²) in [5.74, 6) is 0.810. The zero-order chi connectivity index (χ0) is 19.1. The molecule has 1 aliphatic rings. The van der Waals surface area contributed by atoms with E-state index < -0.39 is 0 Å². The van der Waals surface area contributed by atoms with E-state index in [2.05, 4.69) is 22.3 Å². The lowest BCUT2D eigenvalue weighted by Gasteiger charge is -2.38. The molecule has 1 N–H and O–H groups in total. The highest BCUT2D eigenvalue weighted by atomic mass is 32.1. The number of para-hydroxylation sites is 1. The summed E-state index contributed by atoms with van der Waals surface area (Å²) in [5.41, 5.74) is 1.75. The monoisotopic (exact) mass is 389 g/mol. The van der Waals surface area contributed by atoms with E-state index in [1.54, 1.807) is 18.4 Å². The summed E-state index contributed by atoms with van der Waals surface area (Å²) in [6.45, 7) is 1.36. The first-order chi connectivity index (χ1) is 13.7. The highest BCUT2D eigenvalue weighted by Crippen LogP contribution is 2.36. The molecule has 4 aromatic rings. The van der Waals surface area contributed by atoms with Crippen molar-refractivity contribution >= 4 is 49.1 Å². The topological polar surface area (TPSA) is 54.5 Å². The SMILES string of the molecule is COc1cccc2sc(N3CC(C(=O)Nc4cccc5ccccc45)C3)nc12. The second-order valence-electron chi connectivity index (χ2n) is 6.92. The Kier molecular flexibility index (Phi) is 4.13. The third-order valence-corrected chi connectivity index (χ3v) is 6.24. The van der Waals surface area contributed by atoms with Gasteiger partial charge in [0.1, 0.15) is 11.3 Å². The number of hydrogen-bond donors (Lipinski definition) is 1. The number of carbonyl (C=O) groups excluding carboxylic acids is 1. The molecule has 0 radical (unpaired) electrons. The lowest BCUT2D eigenvalue weighted by molar-refractivity contribution is -0.120. The van der Waals surface area contributed by atoms with E-state index in [1.165, 1.54) is 0 Å². The maximum atomic E-state index is 12.7. The van der Waals surface area contributed by atoms with Crippen LogP contribution in [0.25, 0.3) is 21.0 Å². The van der Waals surface area contributed by atoms with Gasteiger partial charge in [0.15, 0.2) is 5.13 Å². The molecule has 140 valence electrons. The Hall–Kier alpha value is -3.12. The molecule has 6 heteroatoms. The number of carbonyl (C=O) groups is 1. The fourth-order valence-corrected chi connectivity index (χ4v) is 4.58. The molecule has 0 spiro atoms. The van der Waals surface area contributed by atoms with Crippen LogP contribution in [-0.2, 0) is 4.79 Å². The van der Waals surface area contributed by atoms with E-state index in [0.717, 1.165) is 37.6 Å². The summed E-state index contributed by atoms with van der Waals surface area (Å²) in [4.78, 5) is 19.6. The van der Waals surface area contributed by atoms with Gasteiger partial charge in [0, 0.05) is 24.2 Å². The van der Waals surface area contributed by atoms with E-state index >= 15 is 0 Å². The van der Waals surface area contributed by atoms with Crippen LogP contribution >= 0.6 is 11.3 Å². The van der Waals surface area contributed by atoms with Crippen molar-refractivity contribution in [3.63, 3.8) is 0 Å². The number of hydrogen-bond acceptors (Lipinski definition) is 5. The number of amides is 1. The Bertz CT molecular complexity index is 1180. The fourth-order valence-electron chi connectivity index (χ4n) is 3.58. The van der Waals surface area contributed by atoms with Crippen LogP contribution in [0.1, 0.15) is 0 Å². The number of ether oxygens (including phenoxy) is 1. The molecule has 5 rings (SSSR count). The fraction of sp³-hybridized carbons (Fsp3) is 0.182. The Labute approximate surface area is 166 Å². The van der Waals surface area contributed by atoms with E-state index in [4.69, 9.17) is 9.72 Å². The Morgan fingerprint density at radius 3 is 2.75 bits per heavy atom. The molecule has 2 heterocycles. The lowest BCUT2D eigenvalue weighted by atomic mass is 9.99. The predicted octanol–water partition coefficient (Wildman–Crippen LogP) is 4.53. The second-order valence-corrected chi connectivity index (χ2v) is 7.93. The molecule has 0 unspecified atom stereocenters. The molecule has 1 aromatic heterocycles. The molecule has 0 saturated carbocycles. The van der Waals surface area contributed by atoms with E-state index in [-0.39, 0.29) is 11.8 Å². The molecule has 1 amide bonds. The van der Waals surface area contributed by atoms with Crippen molar-refractivity contribution in [2.24, 2.45) is 5.92 Å². The molecular weight excluding hydrogens is 370 g/mol. The molecule has 1 aliphatic heterocycles. The largest absolute Gasteiger partial charge is 0.494 e. The minimum atomic E-state index is -0.0344. The molecule has 0 atom stereocenters. The molecule has 0 bridgehead atoms. The molecule has 28 heavy (non-hydrogen) atoms. The van der Waals surface area contributed by atoms with Gasteiger partial charge in [-0.25, -0.2) is 4.98 Å². The average molecular weight is 389 g/mol. The van der Waals surface area contributed by atoms with E-state index in [9.17, 15) is 4.79 Å². The molecule has 5 nitrogen and oxygen atoms in total. The summed E-state index contributed by atoms with van der Waals surface area (Å²) in [5, 5.41) is 6.23. The van der Waals surface area contributed by atoms with Crippen LogP contribution in [0.5, 0.6) is 5.75 Å². The maximum absolute atomic E-state index is 12.7. The minimum absolute atomic E-state index is 0.0344. The third kappa shape index (κ3) is 2.86. The summed E-state index contributed by atoms with van der Waals surface area (Å²) in [7, 11) is 1.66. The second kappa shape index (κ2) is 6.80.